The topological polar surface area (TPSA) is 52.3 Å². The first kappa shape index (κ1) is 15.1. The molecule has 112 valence electrons. The van der Waals surface area contributed by atoms with Gasteiger partial charge in [-0.3, -0.25) is 4.79 Å². The Morgan fingerprint density at radius 2 is 1.95 bits per heavy atom. The number of fused-ring (bicyclic) bond motifs is 1. The number of halogens is 1. The predicted octanol–water partition coefficient (Wildman–Crippen LogP) is 4.43. The van der Waals surface area contributed by atoms with E-state index in [0.29, 0.717) is 10.8 Å². The number of para-hydroxylation sites is 2. The molecule has 0 aliphatic heterocycles. The first-order valence-corrected chi connectivity index (χ1v) is 8.37. The van der Waals surface area contributed by atoms with Crippen LogP contribution in [0.5, 0.6) is 0 Å². The van der Waals surface area contributed by atoms with Crippen molar-refractivity contribution in [1.29, 1.82) is 0 Å². The average molecular weight is 378 g/mol. The quantitative estimate of drug-likeness (QED) is 0.486. The van der Waals surface area contributed by atoms with Crippen LogP contribution in [-0.4, -0.2) is 16.7 Å². The van der Waals surface area contributed by atoms with Crippen molar-refractivity contribution in [3.05, 3.63) is 58.6 Å². The average Bonchev–Trinajstić information content (AvgIpc) is 2.95. The molecule has 2 aromatic carbocycles. The lowest BCUT2D eigenvalue weighted by Gasteiger charge is -2.05. The van der Waals surface area contributed by atoms with Crippen LogP contribution in [0.2, 0.25) is 0 Å². The van der Waals surface area contributed by atoms with Crippen molar-refractivity contribution in [2.75, 3.05) is 5.75 Å². The molecule has 0 bridgehead atoms. The molecule has 4 nitrogen and oxygen atoms in total. The van der Waals surface area contributed by atoms with E-state index in [4.69, 9.17) is 9.15 Å². The predicted molar refractivity (Wildman–Crippen MR) is 88.7 cm³/mol. The summed E-state index contributed by atoms with van der Waals surface area (Å²) in [4.78, 5) is 16.1. The summed E-state index contributed by atoms with van der Waals surface area (Å²) >= 11 is 4.65. The number of benzene rings is 2. The van der Waals surface area contributed by atoms with Crippen LogP contribution < -0.4 is 0 Å². The largest absolute Gasteiger partial charge is 0.460 e. The third-order valence-electron chi connectivity index (χ3n) is 2.93. The van der Waals surface area contributed by atoms with Crippen LogP contribution in [0.25, 0.3) is 11.1 Å². The molecule has 3 aromatic rings. The summed E-state index contributed by atoms with van der Waals surface area (Å²) in [7, 11) is 0. The van der Waals surface area contributed by atoms with Gasteiger partial charge < -0.3 is 9.15 Å². The molecule has 0 fully saturated rings. The summed E-state index contributed by atoms with van der Waals surface area (Å²) in [6.07, 6.45) is 0. The number of esters is 1. The van der Waals surface area contributed by atoms with Gasteiger partial charge in [0, 0.05) is 10.0 Å². The molecule has 1 aromatic heterocycles. The Labute approximate surface area is 140 Å². The zero-order valence-electron chi connectivity index (χ0n) is 11.5. The lowest BCUT2D eigenvalue weighted by atomic mass is 10.2. The summed E-state index contributed by atoms with van der Waals surface area (Å²) in [6, 6.07) is 15.1. The molecule has 0 radical (unpaired) electrons. The van der Waals surface area contributed by atoms with Crippen molar-refractivity contribution < 1.29 is 13.9 Å². The van der Waals surface area contributed by atoms with Gasteiger partial charge in [0.15, 0.2) is 5.58 Å². The number of hydrogen-bond donors (Lipinski definition) is 0. The molecule has 0 saturated carbocycles. The molecular formula is C16H12BrNO3S. The highest BCUT2D eigenvalue weighted by Crippen LogP contribution is 2.23. The van der Waals surface area contributed by atoms with E-state index < -0.39 is 0 Å². The minimum atomic E-state index is -0.303. The Balaban J connectivity index is 1.53. The van der Waals surface area contributed by atoms with Crippen LogP contribution in [0.1, 0.15) is 5.56 Å². The molecule has 0 amide bonds. The van der Waals surface area contributed by atoms with Crippen molar-refractivity contribution >= 4 is 44.8 Å². The maximum atomic E-state index is 11.8. The van der Waals surface area contributed by atoms with Crippen molar-refractivity contribution in [2.45, 2.75) is 11.8 Å². The summed E-state index contributed by atoms with van der Waals surface area (Å²) in [6.45, 7) is 0.244. The Kier molecular flexibility index (Phi) is 4.80. The van der Waals surface area contributed by atoms with Crippen LogP contribution in [0.15, 0.2) is 62.6 Å². The fourth-order valence-corrected chi connectivity index (χ4v) is 2.88. The SMILES string of the molecule is O=C(CSc1nc2ccccc2o1)OCc1ccccc1Br. The second-order valence-corrected chi connectivity index (χ2v) is 6.27. The van der Waals surface area contributed by atoms with E-state index >= 15 is 0 Å². The van der Waals surface area contributed by atoms with Gasteiger partial charge in [-0.15, -0.1) is 0 Å². The maximum Gasteiger partial charge on any atom is 0.316 e. The number of ether oxygens (including phenoxy) is 1. The molecule has 1 heterocycles. The van der Waals surface area contributed by atoms with Gasteiger partial charge in [0.2, 0.25) is 0 Å². The van der Waals surface area contributed by atoms with Crippen molar-refractivity contribution in [1.82, 2.24) is 4.98 Å². The van der Waals surface area contributed by atoms with Gasteiger partial charge in [0.1, 0.15) is 17.9 Å². The summed E-state index contributed by atoms with van der Waals surface area (Å²) in [5, 5.41) is 0.471. The van der Waals surface area contributed by atoms with Crippen LogP contribution >= 0.6 is 27.7 Å². The number of carbonyl (C=O) groups excluding carboxylic acids is 1. The van der Waals surface area contributed by atoms with Gasteiger partial charge in [0.25, 0.3) is 5.22 Å². The third kappa shape index (κ3) is 3.69. The van der Waals surface area contributed by atoms with E-state index in [9.17, 15) is 4.79 Å². The number of nitrogens with zero attached hydrogens (tertiary/aromatic N) is 1. The van der Waals surface area contributed by atoms with Gasteiger partial charge in [-0.1, -0.05) is 58.0 Å². The first-order valence-electron chi connectivity index (χ1n) is 6.60. The van der Waals surface area contributed by atoms with Crippen LogP contribution in [-0.2, 0) is 16.1 Å². The van der Waals surface area contributed by atoms with Crippen molar-refractivity contribution in [3.8, 4) is 0 Å². The molecule has 0 N–H and O–H groups in total. The summed E-state index contributed by atoms with van der Waals surface area (Å²) < 4.78 is 11.7. The molecule has 0 aliphatic rings. The number of rotatable bonds is 5. The number of thioether (sulfide) groups is 1. The molecule has 22 heavy (non-hydrogen) atoms. The minimum Gasteiger partial charge on any atom is -0.460 e. The van der Waals surface area contributed by atoms with Gasteiger partial charge in [-0.05, 0) is 18.2 Å². The number of carbonyl (C=O) groups is 1. The molecule has 0 saturated heterocycles. The Morgan fingerprint density at radius 1 is 1.18 bits per heavy atom. The van der Waals surface area contributed by atoms with Crippen molar-refractivity contribution in [3.63, 3.8) is 0 Å². The second-order valence-electron chi connectivity index (χ2n) is 4.49. The van der Waals surface area contributed by atoms with Gasteiger partial charge in [-0.2, -0.15) is 0 Å². The highest BCUT2D eigenvalue weighted by atomic mass is 79.9. The van der Waals surface area contributed by atoms with Gasteiger partial charge >= 0.3 is 5.97 Å². The molecule has 0 aliphatic carbocycles. The smallest absolute Gasteiger partial charge is 0.316 e. The molecule has 0 unspecified atom stereocenters. The zero-order chi connectivity index (χ0) is 15.4. The molecule has 0 spiro atoms. The van der Waals surface area contributed by atoms with E-state index in [1.54, 1.807) is 0 Å². The maximum absolute atomic E-state index is 11.8. The fraction of sp³-hybridized carbons (Fsp3) is 0.125. The zero-order valence-corrected chi connectivity index (χ0v) is 13.9. The van der Waals surface area contributed by atoms with Gasteiger partial charge in [-0.25, -0.2) is 4.98 Å². The minimum absolute atomic E-state index is 0.164. The van der Waals surface area contributed by atoms with Crippen LogP contribution in [0, 0.1) is 0 Å². The van der Waals surface area contributed by atoms with E-state index in [0.717, 1.165) is 15.6 Å². The number of oxazole rings is 1. The number of hydrogen-bond acceptors (Lipinski definition) is 5. The van der Waals surface area contributed by atoms with Gasteiger partial charge in [0.05, 0.1) is 0 Å². The highest BCUT2D eigenvalue weighted by molar-refractivity contribution is 9.10. The highest BCUT2D eigenvalue weighted by Gasteiger charge is 2.10. The van der Waals surface area contributed by atoms with E-state index in [2.05, 4.69) is 20.9 Å². The van der Waals surface area contributed by atoms with E-state index in [-0.39, 0.29) is 18.3 Å². The monoisotopic (exact) mass is 377 g/mol. The normalized spacial score (nSPS) is 10.8. The van der Waals surface area contributed by atoms with E-state index in [1.807, 2.05) is 48.5 Å². The fourth-order valence-electron chi connectivity index (χ4n) is 1.85. The first-order chi connectivity index (χ1) is 10.7. The third-order valence-corrected chi connectivity index (χ3v) is 4.51. The van der Waals surface area contributed by atoms with Crippen LogP contribution in [0.3, 0.4) is 0 Å². The Bertz CT molecular complexity index is 770. The summed E-state index contributed by atoms with van der Waals surface area (Å²) in [5.74, 6) is -0.139. The molecule has 6 heteroatoms. The molecule has 0 atom stereocenters. The van der Waals surface area contributed by atoms with Crippen LogP contribution in [0.4, 0.5) is 0 Å². The van der Waals surface area contributed by atoms with E-state index in [1.165, 1.54) is 11.8 Å². The standard InChI is InChI=1S/C16H12BrNO3S/c17-12-6-2-1-5-11(12)9-20-15(19)10-22-16-18-13-7-3-4-8-14(13)21-16/h1-8H,9-10H2. The lowest BCUT2D eigenvalue weighted by molar-refractivity contribution is -0.141. The lowest BCUT2D eigenvalue weighted by Crippen LogP contribution is -2.07. The van der Waals surface area contributed by atoms with Crippen molar-refractivity contribution in [2.24, 2.45) is 0 Å². The molecule has 3 rings (SSSR count). The second kappa shape index (κ2) is 6.98. The number of aromatic nitrogens is 1. The Morgan fingerprint density at radius 3 is 2.77 bits per heavy atom. The summed E-state index contributed by atoms with van der Waals surface area (Å²) in [5.41, 5.74) is 2.43. The molecular weight excluding hydrogens is 366 g/mol. The Hall–Kier alpha value is -1.79.